The van der Waals surface area contributed by atoms with Crippen LogP contribution in [-0.4, -0.2) is 17.2 Å². The topological polar surface area (TPSA) is 105 Å². The van der Waals surface area contributed by atoms with Gasteiger partial charge in [-0.1, -0.05) is 41.9 Å². The lowest BCUT2D eigenvalue weighted by molar-refractivity contribution is -0.384. The van der Waals surface area contributed by atoms with Gasteiger partial charge in [0.1, 0.15) is 5.82 Å². The Morgan fingerprint density at radius 2 is 1.62 bits per heavy atom. The van der Waals surface area contributed by atoms with E-state index in [1.54, 1.807) is 48.5 Å². The summed E-state index contributed by atoms with van der Waals surface area (Å²) < 4.78 is 17.6. The minimum atomic E-state index is -0.596. The van der Waals surface area contributed by atoms with E-state index in [-0.39, 0.29) is 22.1 Å². The molecule has 0 aliphatic rings. The van der Waals surface area contributed by atoms with Crippen molar-refractivity contribution in [3.8, 4) is 11.1 Å². The van der Waals surface area contributed by atoms with Crippen LogP contribution in [0.5, 0.6) is 0 Å². The summed E-state index contributed by atoms with van der Waals surface area (Å²) in [6.07, 6.45) is 0.650. The monoisotopic (exact) mass is 536 g/mol. The second-order valence-electron chi connectivity index (χ2n) is 7.63. The van der Waals surface area contributed by atoms with Crippen molar-refractivity contribution in [3.63, 3.8) is 0 Å². The molecule has 0 saturated heterocycles. The first kappa shape index (κ1) is 25.7. The van der Waals surface area contributed by atoms with E-state index in [4.69, 9.17) is 11.6 Å². The summed E-state index contributed by atoms with van der Waals surface area (Å²) in [4.78, 5) is 34.5. The second-order valence-corrected chi connectivity index (χ2v) is 8.82. The number of benzene rings is 4. The molecule has 186 valence electrons. The Morgan fingerprint density at radius 3 is 2.24 bits per heavy atom. The molecule has 4 aromatic rings. The smallest absolute Gasteiger partial charge is 0.270 e. The first-order chi connectivity index (χ1) is 17.8. The molecule has 37 heavy (non-hydrogen) atoms. The van der Waals surface area contributed by atoms with Crippen molar-refractivity contribution in [3.05, 3.63) is 118 Å². The summed E-state index contributed by atoms with van der Waals surface area (Å²) in [7, 11) is 0. The summed E-state index contributed by atoms with van der Waals surface area (Å²) >= 11 is 7.05. The number of nitro benzene ring substituents is 1. The van der Waals surface area contributed by atoms with Gasteiger partial charge in [0.2, 0.25) is 6.41 Å². The SMILES string of the molecule is O=CN(SNc1cccc(F)c1)c1ccc(-c2ccc(NC(=O)c3cc([N+](=O)[O-])ccc3Cl)cc2)cc1. The van der Waals surface area contributed by atoms with Crippen LogP contribution in [0.2, 0.25) is 5.02 Å². The van der Waals surface area contributed by atoms with Gasteiger partial charge in [0, 0.05) is 23.5 Å². The van der Waals surface area contributed by atoms with E-state index >= 15 is 0 Å². The number of hydrogen-bond acceptors (Lipinski definition) is 6. The van der Waals surface area contributed by atoms with Gasteiger partial charge >= 0.3 is 0 Å². The van der Waals surface area contributed by atoms with Crippen molar-refractivity contribution in [1.82, 2.24) is 0 Å². The van der Waals surface area contributed by atoms with Crippen LogP contribution in [0, 0.1) is 15.9 Å². The van der Waals surface area contributed by atoms with E-state index in [2.05, 4.69) is 10.0 Å². The van der Waals surface area contributed by atoms with E-state index in [0.717, 1.165) is 29.3 Å². The Balaban J connectivity index is 1.41. The second kappa shape index (κ2) is 11.5. The third kappa shape index (κ3) is 6.43. The van der Waals surface area contributed by atoms with E-state index < -0.39 is 10.8 Å². The number of carbonyl (C=O) groups is 2. The fourth-order valence-electron chi connectivity index (χ4n) is 3.34. The lowest BCUT2D eigenvalue weighted by Crippen LogP contribution is -2.14. The van der Waals surface area contributed by atoms with Crippen LogP contribution >= 0.6 is 23.7 Å². The number of amides is 2. The fourth-order valence-corrected chi connectivity index (χ4v) is 4.14. The highest BCUT2D eigenvalue weighted by molar-refractivity contribution is 8.02. The van der Waals surface area contributed by atoms with Gasteiger partial charge in [0.25, 0.3) is 11.6 Å². The van der Waals surface area contributed by atoms with Crippen LogP contribution in [-0.2, 0) is 4.79 Å². The van der Waals surface area contributed by atoms with E-state index in [0.29, 0.717) is 23.5 Å². The molecule has 4 aromatic carbocycles. The molecular weight excluding hydrogens is 519 g/mol. The fraction of sp³-hybridized carbons (Fsp3) is 0. The number of non-ortho nitro benzene ring substituents is 1. The zero-order valence-corrected chi connectivity index (χ0v) is 20.5. The van der Waals surface area contributed by atoms with Crippen molar-refractivity contribution in [2.75, 3.05) is 14.3 Å². The number of halogens is 2. The standard InChI is InChI=1S/C26H18ClFN4O4S/c27-25-13-12-23(32(35)36)15-24(25)26(34)29-20-8-4-17(5-9-20)18-6-10-22(11-7-18)31(16-33)37-30-21-3-1-2-19(28)14-21/h1-16,30H,(H,29,34). The van der Waals surface area contributed by atoms with Gasteiger partial charge in [-0.15, -0.1) is 0 Å². The first-order valence-corrected chi connectivity index (χ1v) is 11.9. The maximum absolute atomic E-state index is 13.3. The van der Waals surface area contributed by atoms with Crippen molar-refractivity contribution in [1.29, 1.82) is 0 Å². The van der Waals surface area contributed by atoms with Crippen LogP contribution in [0.1, 0.15) is 10.4 Å². The molecule has 0 heterocycles. The molecule has 2 N–H and O–H groups in total. The van der Waals surface area contributed by atoms with Crippen LogP contribution < -0.4 is 14.3 Å². The number of hydrogen-bond donors (Lipinski definition) is 2. The molecule has 0 bridgehead atoms. The highest BCUT2D eigenvalue weighted by Gasteiger charge is 2.16. The van der Waals surface area contributed by atoms with Gasteiger partial charge < -0.3 is 10.0 Å². The molecule has 0 aliphatic carbocycles. The van der Waals surface area contributed by atoms with E-state index in [9.17, 15) is 24.1 Å². The number of rotatable bonds is 9. The normalized spacial score (nSPS) is 10.4. The maximum atomic E-state index is 13.3. The quantitative estimate of drug-likeness (QED) is 0.104. The molecule has 0 fully saturated rings. The first-order valence-electron chi connectivity index (χ1n) is 10.7. The average molecular weight is 537 g/mol. The molecule has 0 unspecified atom stereocenters. The number of nitrogens with zero attached hydrogens (tertiary/aromatic N) is 2. The largest absolute Gasteiger partial charge is 0.322 e. The van der Waals surface area contributed by atoms with Crippen LogP contribution in [0.15, 0.2) is 91.0 Å². The summed E-state index contributed by atoms with van der Waals surface area (Å²) in [5.74, 6) is -0.949. The number of anilines is 3. The molecule has 4 rings (SSSR count). The molecular formula is C26H18ClFN4O4S. The van der Waals surface area contributed by atoms with Crippen molar-refractivity contribution in [2.45, 2.75) is 0 Å². The van der Waals surface area contributed by atoms with Crippen LogP contribution in [0.3, 0.4) is 0 Å². The average Bonchev–Trinajstić information content (AvgIpc) is 2.90. The highest BCUT2D eigenvalue weighted by atomic mass is 35.5. The molecule has 0 aliphatic heterocycles. The Labute approximate surface area is 220 Å². The van der Waals surface area contributed by atoms with Crippen molar-refractivity contribution in [2.24, 2.45) is 0 Å². The van der Waals surface area contributed by atoms with Crippen LogP contribution in [0.25, 0.3) is 11.1 Å². The molecule has 0 saturated carbocycles. The van der Waals surface area contributed by atoms with Crippen molar-refractivity contribution >= 4 is 58.8 Å². The Kier molecular flexibility index (Phi) is 8.02. The van der Waals surface area contributed by atoms with Gasteiger partial charge in [0.05, 0.1) is 33.3 Å². The molecule has 2 amide bonds. The number of carbonyl (C=O) groups excluding carboxylic acids is 2. The molecule has 0 radical (unpaired) electrons. The van der Waals surface area contributed by atoms with Gasteiger partial charge in [-0.25, -0.2) is 8.70 Å². The molecule has 11 heteroatoms. The lowest BCUT2D eigenvalue weighted by Gasteiger charge is -2.17. The summed E-state index contributed by atoms with van der Waals surface area (Å²) in [5, 5.41) is 13.8. The third-order valence-electron chi connectivity index (χ3n) is 5.19. The lowest BCUT2D eigenvalue weighted by atomic mass is 10.0. The highest BCUT2D eigenvalue weighted by Crippen LogP contribution is 2.28. The Morgan fingerprint density at radius 1 is 0.946 bits per heavy atom. The van der Waals surface area contributed by atoms with Gasteiger partial charge in [-0.2, -0.15) is 0 Å². The number of nitro groups is 1. The molecule has 0 atom stereocenters. The van der Waals surface area contributed by atoms with Crippen molar-refractivity contribution < 1.29 is 18.9 Å². The summed E-state index contributed by atoms with van der Waals surface area (Å²) in [5.41, 5.74) is 3.13. The van der Waals surface area contributed by atoms with Gasteiger partial charge in [0.15, 0.2) is 0 Å². The minimum absolute atomic E-state index is 0.0000209. The molecule has 0 aromatic heterocycles. The maximum Gasteiger partial charge on any atom is 0.270 e. The zero-order valence-electron chi connectivity index (χ0n) is 18.9. The predicted octanol–water partition coefficient (Wildman–Crippen LogP) is 6.94. The Bertz CT molecular complexity index is 1450. The number of nitrogens with one attached hydrogen (secondary N) is 2. The third-order valence-corrected chi connectivity index (χ3v) is 6.34. The predicted molar refractivity (Wildman–Crippen MR) is 144 cm³/mol. The Hall–Kier alpha value is -4.41. The summed E-state index contributed by atoms with van der Waals surface area (Å²) in [6.45, 7) is 0. The van der Waals surface area contributed by atoms with Crippen LogP contribution in [0.4, 0.5) is 27.1 Å². The van der Waals surface area contributed by atoms with Gasteiger partial charge in [-0.3, -0.25) is 19.7 Å². The zero-order chi connectivity index (χ0) is 26.4. The van der Waals surface area contributed by atoms with Gasteiger partial charge in [-0.05, 0) is 59.7 Å². The summed E-state index contributed by atoms with van der Waals surface area (Å²) in [6, 6.07) is 23.8. The molecule has 8 nitrogen and oxygen atoms in total. The minimum Gasteiger partial charge on any atom is -0.322 e. The van der Waals surface area contributed by atoms with E-state index in [1.165, 1.54) is 28.6 Å². The molecule has 0 spiro atoms. The van der Waals surface area contributed by atoms with E-state index in [1.807, 2.05) is 12.1 Å².